The van der Waals surface area contributed by atoms with Crippen molar-refractivity contribution in [3.05, 3.63) is 21.6 Å². The molecule has 1 aliphatic rings. The predicted molar refractivity (Wildman–Crippen MR) is 68.4 cm³/mol. The van der Waals surface area contributed by atoms with Crippen molar-refractivity contribution in [1.82, 2.24) is 9.78 Å². The van der Waals surface area contributed by atoms with Crippen molar-refractivity contribution in [3.8, 4) is 0 Å². The van der Waals surface area contributed by atoms with Gasteiger partial charge in [0.25, 0.3) is 5.56 Å². The second-order valence-electron chi connectivity index (χ2n) is 4.12. The fourth-order valence-electron chi connectivity index (χ4n) is 1.73. The van der Waals surface area contributed by atoms with Crippen molar-refractivity contribution in [2.45, 2.75) is 19.0 Å². The number of rotatable bonds is 4. The van der Waals surface area contributed by atoms with E-state index in [2.05, 4.69) is 15.2 Å². The third-order valence-corrected chi connectivity index (χ3v) is 3.15. The topological polar surface area (TPSA) is 82.5 Å². The van der Waals surface area contributed by atoms with E-state index in [-0.39, 0.29) is 17.6 Å². The van der Waals surface area contributed by atoms with Gasteiger partial charge in [-0.1, -0.05) is 11.6 Å². The zero-order chi connectivity index (χ0) is 13.8. The standard InChI is InChI=1S/C11H14ClN3O4/c1-18-9(16)5-15-11(17)10(12)8(4-13-15)14-7-2-3-19-6-7/h4,7,14H,2-3,5-6H2,1H3. The Kier molecular flexibility index (Phi) is 4.39. The summed E-state index contributed by atoms with van der Waals surface area (Å²) in [7, 11) is 1.24. The van der Waals surface area contributed by atoms with Gasteiger partial charge >= 0.3 is 5.97 Å². The van der Waals surface area contributed by atoms with Crippen LogP contribution in [-0.4, -0.2) is 42.1 Å². The second-order valence-corrected chi connectivity index (χ2v) is 4.49. The van der Waals surface area contributed by atoms with Crippen LogP contribution >= 0.6 is 11.6 Å². The van der Waals surface area contributed by atoms with E-state index in [1.165, 1.54) is 13.3 Å². The number of carbonyl (C=O) groups is 1. The predicted octanol–water partition coefficient (Wildman–Crippen LogP) is 0.270. The number of nitrogens with one attached hydrogen (secondary N) is 1. The molecule has 0 aromatic carbocycles. The summed E-state index contributed by atoms with van der Waals surface area (Å²) in [6.45, 7) is 0.992. The number of hydrogen-bond donors (Lipinski definition) is 1. The molecule has 7 nitrogen and oxygen atoms in total. The van der Waals surface area contributed by atoms with Gasteiger partial charge in [-0.3, -0.25) is 9.59 Å². The molecule has 1 aromatic heterocycles. The van der Waals surface area contributed by atoms with Gasteiger partial charge in [-0.2, -0.15) is 5.10 Å². The van der Waals surface area contributed by atoms with Crippen LogP contribution < -0.4 is 10.9 Å². The number of anilines is 1. The summed E-state index contributed by atoms with van der Waals surface area (Å²) < 4.78 is 10.7. The third kappa shape index (κ3) is 3.24. The summed E-state index contributed by atoms with van der Waals surface area (Å²) in [6, 6.07) is 0.121. The maximum Gasteiger partial charge on any atom is 0.327 e. The van der Waals surface area contributed by atoms with Gasteiger partial charge < -0.3 is 14.8 Å². The smallest absolute Gasteiger partial charge is 0.327 e. The van der Waals surface area contributed by atoms with Crippen LogP contribution in [0.15, 0.2) is 11.0 Å². The highest BCUT2D eigenvalue weighted by atomic mass is 35.5. The highest BCUT2D eigenvalue weighted by Gasteiger charge is 2.18. The Morgan fingerprint density at radius 2 is 2.53 bits per heavy atom. The Hall–Kier alpha value is -1.60. The van der Waals surface area contributed by atoms with E-state index in [9.17, 15) is 9.59 Å². The largest absolute Gasteiger partial charge is 0.468 e. The lowest BCUT2D eigenvalue weighted by Crippen LogP contribution is -2.29. The van der Waals surface area contributed by atoms with Crippen LogP contribution in [-0.2, 0) is 20.8 Å². The summed E-state index contributed by atoms with van der Waals surface area (Å²) in [4.78, 5) is 23.0. The molecule has 1 aliphatic heterocycles. The monoisotopic (exact) mass is 287 g/mol. The molecule has 0 bridgehead atoms. The van der Waals surface area contributed by atoms with Gasteiger partial charge in [-0.15, -0.1) is 0 Å². The zero-order valence-electron chi connectivity index (χ0n) is 10.4. The molecule has 1 saturated heterocycles. The van der Waals surface area contributed by atoms with Gasteiger partial charge in [0, 0.05) is 6.61 Å². The first-order chi connectivity index (χ1) is 9.11. The first kappa shape index (κ1) is 13.8. The lowest BCUT2D eigenvalue weighted by Gasteiger charge is -2.13. The van der Waals surface area contributed by atoms with Crippen LogP contribution in [0.4, 0.5) is 5.69 Å². The Balaban J connectivity index is 2.16. The van der Waals surface area contributed by atoms with E-state index in [4.69, 9.17) is 16.3 Å². The molecule has 1 aromatic rings. The molecule has 0 spiro atoms. The molecule has 1 atom stereocenters. The van der Waals surface area contributed by atoms with Crippen LogP contribution in [0.2, 0.25) is 5.02 Å². The van der Waals surface area contributed by atoms with E-state index in [1.54, 1.807) is 0 Å². The lowest BCUT2D eigenvalue weighted by molar-refractivity contribution is -0.141. The number of esters is 1. The Labute approximate surface area is 114 Å². The lowest BCUT2D eigenvalue weighted by atomic mass is 10.2. The van der Waals surface area contributed by atoms with Gasteiger partial charge in [0.15, 0.2) is 0 Å². The number of halogens is 1. The highest BCUT2D eigenvalue weighted by Crippen LogP contribution is 2.19. The molecule has 0 amide bonds. The van der Waals surface area contributed by atoms with Gasteiger partial charge in [0.2, 0.25) is 0 Å². The first-order valence-corrected chi connectivity index (χ1v) is 6.16. The molecule has 1 N–H and O–H groups in total. The summed E-state index contributed by atoms with van der Waals surface area (Å²) in [5.41, 5.74) is -0.0840. The van der Waals surface area contributed by atoms with Gasteiger partial charge in [0.1, 0.15) is 11.6 Å². The number of methoxy groups -OCH3 is 1. The molecule has 8 heteroatoms. The van der Waals surface area contributed by atoms with Crippen molar-refractivity contribution in [3.63, 3.8) is 0 Å². The van der Waals surface area contributed by atoms with Crippen LogP contribution in [0.5, 0.6) is 0 Å². The molecule has 1 unspecified atom stereocenters. The first-order valence-electron chi connectivity index (χ1n) is 5.78. The summed E-state index contributed by atoms with van der Waals surface area (Å²) in [6.07, 6.45) is 2.27. The average Bonchev–Trinajstić information content (AvgIpc) is 2.91. The molecule has 2 rings (SSSR count). The third-order valence-electron chi connectivity index (χ3n) is 2.78. The number of ether oxygens (including phenoxy) is 2. The van der Waals surface area contributed by atoms with Crippen molar-refractivity contribution in [2.24, 2.45) is 0 Å². The fourth-order valence-corrected chi connectivity index (χ4v) is 1.93. The van der Waals surface area contributed by atoms with E-state index < -0.39 is 11.5 Å². The van der Waals surface area contributed by atoms with Crippen LogP contribution in [0, 0.1) is 0 Å². The van der Waals surface area contributed by atoms with Gasteiger partial charge in [-0.25, -0.2) is 4.68 Å². The number of hydrogen-bond acceptors (Lipinski definition) is 6. The zero-order valence-corrected chi connectivity index (χ0v) is 11.1. The van der Waals surface area contributed by atoms with E-state index in [1.807, 2.05) is 0 Å². The quantitative estimate of drug-likeness (QED) is 0.801. The molecule has 19 heavy (non-hydrogen) atoms. The average molecular weight is 288 g/mol. The van der Waals surface area contributed by atoms with E-state index in [0.717, 1.165) is 11.1 Å². The molecule has 0 aliphatic carbocycles. The number of carbonyl (C=O) groups excluding carboxylic acids is 1. The van der Waals surface area contributed by atoms with E-state index in [0.29, 0.717) is 18.9 Å². The molecular formula is C11H14ClN3O4. The van der Waals surface area contributed by atoms with Crippen molar-refractivity contribution < 1.29 is 14.3 Å². The Morgan fingerprint density at radius 1 is 1.74 bits per heavy atom. The maximum absolute atomic E-state index is 11.9. The molecule has 0 radical (unpaired) electrons. The van der Waals surface area contributed by atoms with Crippen LogP contribution in [0.1, 0.15) is 6.42 Å². The minimum atomic E-state index is -0.560. The molecule has 0 saturated carbocycles. The Morgan fingerprint density at radius 3 is 3.16 bits per heavy atom. The summed E-state index contributed by atoms with van der Waals surface area (Å²) >= 11 is 5.97. The number of nitrogens with zero attached hydrogens (tertiary/aromatic N) is 2. The number of aromatic nitrogens is 2. The van der Waals surface area contributed by atoms with E-state index >= 15 is 0 Å². The summed E-state index contributed by atoms with van der Waals surface area (Å²) in [5.74, 6) is -0.560. The van der Waals surface area contributed by atoms with Crippen LogP contribution in [0.3, 0.4) is 0 Å². The fraction of sp³-hybridized carbons (Fsp3) is 0.545. The van der Waals surface area contributed by atoms with Gasteiger partial charge in [-0.05, 0) is 6.42 Å². The molecule has 1 fully saturated rings. The van der Waals surface area contributed by atoms with Crippen molar-refractivity contribution in [2.75, 3.05) is 25.6 Å². The normalized spacial score (nSPS) is 18.3. The highest BCUT2D eigenvalue weighted by molar-refractivity contribution is 6.32. The van der Waals surface area contributed by atoms with Gasteiger partial charge in [0.05, 0.1) is 31.6 Å². The van der Waals surface area contributed by atoms with Crippen molar-refractivity contribution >= 4 is 23.3 Å². The summed E-state index contributed by atoms with van der Waals surface area (Å²) in [5, 5.41) is 6.99. The van der Waals surface area contributed by atoms with Crippen LogP contribution in [0.25, 0.3) is 0 Å². The van der Waals surface area contributed by atoms with Crippen molar-refractivity contribution in [1.29, 1.82) is 0 Å². The molecule has 104 valence electrons. The second kappa shape index (κ2) is 6.03. The maximum atomic E-state index is 11.9. The molecule has 2 heterocycles. The minimum Gasteiger partial charge on any atom is -0.468 e. The Bertz CT molecular complexity index is 525. The minimum absolute atomic E-state index is 0.00537. The SMILES string of the molecule is COC(=O)Cn1ncc(NC2CCOC2)c(Cl)c1=O. The molecular weight excluding hydrogens is 274 g/mol.